The lowest BCUT2D eigenvalue weighted by molar-refractivity contribution is -0.130. The number of benzene rings is 2. The molecule has 0 saturated carbocycles. The van der Waals surface area contributed by atoms with E-state index in [1.807, 2.05) is 23.1 Å². The van der Waals surface area contributed by atoms with Crippen LogP contribution in [-0.2, 0) is 4.79 Å². The normalized spacial score (nSPS) is 22.0. The maximum atomic E-state index is 16.5. The van der Waals surface area contributed by atoms with Gasteiger partial charge >= 0.3 is 6.01 Å². The molecular weight excluding hydrogens is 562 g/mol. The fraction of sp³-hybridized carbons (Fsp3) is 0.355. The Kier molecular flexibility index (Phi) is 6.70. The van der Waals surface area contributed by atoms with Crippen LogP contribution >= 0.6 is 11.6 Å². The van der Waals surface area contributed by atoms with Crippen molar-refractivity contribution >= 4 is 45.0 Å². The molecule has 2 aromatic carbocycles. The van der Waals surface area contributed by atoms with Crippen LogP contribution in [-0.4, -0.2) is 82.1 Å². The Bertz CT molecular complexity index is 1750. The molecule has 1 amide bonds. The van der Waals surface area contributed by atoms with Gasteiger partial charge in [-0.3, -0.25) is 9.78 Å². The van der Waals surface area contributed by atoms with E-state index >= 15 is 4.39 Å². The summed E-state index contributed by atoms with van der Waals surface area (Å²) in [5.74, 6) is -1.64. The molecule has 8 nitrogen and oxygen atoms in total. The maximum absolute atomic E-state index is 16.5. The predicted molar refractivity (Wildman–Crippen MR) is 158 cm³/mol. The lowest BCUT2D eigenvalue weighted by atomic mass is 9.95. The number of likely N-dealkylation sites (N-methyl/N-ethyl adjacent to an activating group) is 1. The zero-order valence-corrected chi connectivity index (χ0v) is 23.8. The Morgan fingerprint density at radius 2 is 1.98 bits per heavy atom. The maximum Gasteiger partial charge on any atom is 0.319 e. The van der Waals surface area contributed by atoms with Gasteiger partial charge in [-0.05, 0) is 45.0 Å². The second-order valence-corrected chi connectivity index (χ2v) is 11.7. The monoisotopic (exact) mass is 590 g/mol. The van der Waals surface area contributed by atoms with E-state index < -0.39 is 17.6 Å². The highest BCUT2D eigenvalue weighted by atomic mass is 35.5. The molecule has 3 aliphatic heterocycles. The zero-order chi connectivity index (χ0) is 29.1. The smallest absolute Gasteiger partial charge is 0.319 e. The number of ether oxygens (including phenoxy) is 1. The number of anilines is 1. The summed E-state index contributed by atoms with van der Waals surface area (Å²) in [6.07, 6.45) is 6.04. The predicted octanol–water partition coefficient (Wildman–Crippen LogP) is 5.38. The minimum atomic E-state index is -0.966. The first-order valence-electron chi connectivity index (χ1n) is 14.1. The minimum absolute atomic E-state index is 0.0796. The van der Waals surface area contributed by atoms with Crippen molar-refractivity contribution in [2.75, 3.05) is 38.2 Å². The van der Waals surface area contributed by atoms with E-state index in [-0.39, 0.29) is 29.7 Å². The summed E-state index contributed by atoms with van der Waals surface area (Å²) < 4.78 is 36.3. The number of hydrogen-bond acceptors (Lipinski definition) is 7. The molecule has 2 aromatic heterocycles. The minimum Gasteiger partial charge on any atom is -0.462 e. The Balaban J connectivity index is 1.31. The van der Waals surface area contributed by atoms with Gasteiger partial charge in [0.15, 0.2) is 11.6 Å². The molecule has 1 unspecified atom stereocenters. The molecule has 216 valence electrons. The second-order valence-electron chi connectivity index (χ2n) is 11.2. The van der Waals surface area contributed by atoms with Gasteiger partial charge in [-0.2, -0.15) is 9.97 Å². The van der Waals surface area contributed by atoms with Crippen LogP contribution in [0, 0.1) is 5.82 Å². The number of likely N-dealkylation sites (tertiary alicyclic amines) is 2. The van der Waals surface area contributed by atoms with Crippen molar-refractivity contribution in [3.8, 4) is 17.1 Å². The molecule has 3 atom stereocenters. The highest BCUT2D eigenvalue weighted by Gasteiger charge is 2.50. The van der Waals surface area contributed by atoms with Gasteiger partial charge < -0.3 is 19.4 Å². The van der Waals surface area contributed by atoms with E-state index in [0.29, 0.717) is 58.9 Å². The van der Waals surface area contributed by atoms with Crippen LogP contribution in [0.25, 0.3) is 32.8 Å². The molecule has 0 spiro atoms. The van der Waals surface area contributed by atoms with Crippen molar-refractivity contribution in [1.82, 2.24) is 24.8 Å². The number of halogens is 3. The first kappa shape index (κ1) is 27.0. The van der Waals surface area contributed by atoms with Crippen LogP contribution in [0.15, 0.2) is 55.1 Å². The van der Waals surface area contributed by atoms with Gasteiger partial charge in [0.25, 0.3) is 5.91 Å². The number of aromatic nitrogens is 3. The highest BCUT2D eigenvalue weighted by molar-refractivity contribution is 6.36. The van der Waals surface area contributed by atoms with Crippen molar-refractivity contribution in [3.05, 3.63) is 66.0 Å². The van der Waals surface area contributed by atoms with E-state index in [1.54, 1.807) is 24.5 Å². The van der Waals surface area contributed by atoms with Crippen molar-refractivity contribution < 1.29 is 18.3 Å². The number of rotatable bonds is 6. The van der Waals surface area contributed by atoms with Gasteiger partial charge in [-0.1, -0.05) is 36.4 Å². The summed E-state index contributed by atoms with van der Waals surface area (Å²) in [4.78, 5) is 31.8. The summed E-state index contributed by atoms with van der Waals surface area (Å²) in [6, 6.07) is 9.07. The van der Waals surface area contributed by atoms with Gasteiger partial charge in [0.05, 0.1) is 12.1 Å². The lowest BCUT2D eigenvalue weighted by Gasteiger charge is -2.47. The molecule has 3 saturated heterocycles. The van der Waals surface area contributed by atoms with Crippen molar-refractivity contribution in [2.24, 2.45) is 0 Å². The quantitative estimate of drug-likeness (QED) is 0.279. The summed E-state index contributed by atoms with van der Waals surface area (Å²) in [6.45, 7) is 5.41. The summed E-state index contributed by atoms with van der Waals surface area (Å²) in [5, 5.41) is 2.54. The van der Waals surface area contributed by atoms with Crippen LogP contribution < -0.4 is 9.64 Å². The van der Waals surface area contributed by atoms with Gasteiger partial charge in [0.2, 0.25) is 0 Å². The highest BCUT2D eigenvalue weighted by Crippen LogP contribution is 2.42. The first-order chi connectivity index (χ1) is 20.3. The third-order valence-electron chi connectivity index (χ3n) is 8.92. The van der Waals surface area contributed by atoms with E-state index in [4.69, 9.17) is 21.3 Å². The number of carbonyl (C=O) groups excluding carboxylic acids is 1. The van der Waals surface area contributed by atoms with Crippen LogP contribution in [0.3, 0.4) is 0 Å². The van der Waals surface area contributed by atoms with Crippen molar-refractivity contribution in [1.29, 1.82) is 0 Å². The fourth-order valence-electron chi connectivity index (χ4n) is 6.64. The van der Waals surface area contributed by atoms with Gasteiger partial charge in [0.1, 0.15) is 17.9 Å². The summed E-state index contributed by atoms with van der Waals surface area (Å²) in [7, 11) is 2.06. The van der Waals surface area contributed by atoms with Gasteiger partial charge in [-0.15, -0.1) is 0 Å². The van der Waals surface area contributed by atoms with Crippen LogP contribution in [0.2, 0.25) is 5.02 Å². The number of nitrogens with zero attached hydrogens (tertiary/aromatic N) is 6. The lowest BCUT2D eigenvalue weighted by Crippen LogP contribution is -2.63. The topological polar surface area (TPSA) is 74.7 Å². The molecule has 3 fully saturated rings. The van der Waals surface area contributed by atoms with E-state index in [9.17, 15) is 9.18 Å². The second kappa shape index (κ2) is 10.4. The Hall–Kier alpha value is -3.89. The standard InChI is InChI=1S/C31H29ClF2N6O2/c1-17(33)30(41)39-12-10-24-25(39)15-40(24)29-21-9-8-20(22-14-35-13-18-5-3-7-23(32)26(18)22)27(34)28(21)36-31(37-29)42-16-19-6-4-11-38(19)2/h3,5,7-9,13-14,19,24-25H,1,4,6,10-12,15-16H2,2H3/t19?,24-,25-/m1/s1. The summed E-state index contributed by atoms with van der Waals surface area (Å²) >= 11 is 6.56. The zero-order valence-electron chi connectivity index (χ0n) is 23.1. The average molecular weight is 591 g/mol. The van der Waals surface area contributed by atoms with E-state index in [0.717, 1.165) is 24.8 Å². The number of pyridine rings is 1. The molecule has 0 N–H and O–H groups in total. The van der Waals surface area contributed by atoms with Crippen LogP contribution in [0.4, 0.5) is 14.6 Å². The third kappa shape index (κ3) is 4.35. The number of fused-ring (bicyclic) bond motifs is 3. The Morgan fingerprint density at radius 1 is 1.12 bits per heavy atom. The van der Waals surface area contributed by atoms with E-state index in [2.05, 4.69) is 28.5 Å². The molecule has 11 heteroatoms. The molecule has 0 aliphatic carbocycles. The average Bonchev–Trinajstić information content (AvgIpc) is 3.53. The van der Waals surface area contributed by atoms with Crippen molar-refractivity contribution in [2.45, 2.75) is 37.4 Å². The van der Waals surface area contributed by atoms with Crippen LogP contribution in [0.5, 0.6) is 6.01 Å². The molecule has 5 heterocycles. The molecule has 42 heavy (non-hydrogen) atoms. The fourth-order valence-corrected chi connectivity index (χ4v) is 6.93. The van der Waals surface area contributed by atoms with Crippen LogP contribution in [0.1, 0.15) is 19.3 Å². The van der Waals surface area contributed by atoms with Crippen molar-refractivity contribution in [3.63, 3.8) is 0 Å². The molecule has 4 aromatic rings. The Morgan fingerprint density at radius 3 is 2.76 bits per heavy atom. The SMILES string of the molecule is C=C(F)C(=O)N1CC[C@@H]2[C@H]1CN2c1nc(OCC2CCCN2C)nc2c(F)c(-c3cncc4cccc(Cl)c34)ccc12. The van der Waals surface area contributed by atoms with Gasteiger partial charge in [0, 0.05) is 63.8 Å². The molecular formula is C31H29ClF2N6O2. The molecule has 3 aliphatic rings. The Labute approximate surface area is 246 Å². The molecule has 7 rings (SSSR count). The first-order valence-corrected chi connectivity index (χ1v) is 14.5. The van der Waals surface area contributed by atoms with Gasteiger partial charge in [-0.25, -0.2) is 8.78 Å². The number of hydrogen-bond donors (Lipinski definition) is 0. The number of amides is 1. The molecule has 0 bridgehead atoms. The van der Waals surface area contributed by atoms with E-state index in [1.165, 1.54) is 4.90 Å². The number of carbonyl (C=O) groups is 1. The molecule has 0 radical (unpaired) electrons. The summed E-state index contributed by atoms with van der Waals surface area (Å²) in [5.41, 5.74) is 1.01. The largest absolute Gasteiger partial charge is 0.462 e. The third-order valence-corrected chi connectivity index (χ3v) is 9.24.